The Bertz CT molecular complexity index is 877. The van der Waals surface area contributed by atoms with Crippen molar-refractivity contribution in [1.29, 1.82) is 0 Å². The Morgan fingerprint density at radius 2 is 1.54 bits per heavy atom. The summed E-state index contributed by atoms with van der Waals surface area (Å²) in [6.45, 7) is 2.07. The van der Waals surface area contributed by atoms with Crippen LogP contribution in [0.5, 0.6) is 0 Å². The van der Waals surface area contributed by atoms with Crippen molar-refractivity contribution in [2.45, 2.75) is 24.8 Å². The minimum Gasteiger partial charge on any atom is -0.353 e. The summed E-state index contributed by atoms with van der Waals surface area (Å²) >= 11 is 18.7. The van der Waals surface area contributed by atoms with Gasteiger partial charge in [-0.05, 0) is 42.3 Å². The van der Waals surface area contributed by atoms with Gasteiger partial charge in [-0.25, -0.2) is 0 Å². The molecular weight excluding hydrogens is 389 g/mol. The zero-order valence-electron chi connectivity index (χ0n) is 14.1. The predicted octanol–water partition coefficient (Wildman–Crippen LogP) is 5.83. The number of fused-ring (bicyclic) bond motifs is 1. The maximum Gasteiger partial charge on any atom is 0.227 e. The van der Waals surface area contributed by atoms with Gasteiger partial charge < -0.3 is 5.32 Å². The molecule has 1 saturated heterocycles. The highest BCUT2D eigenvalue weighted by Gasteiger charge is 2.48. The average molecular weight is 407 g/mol. The normalized spacial score (nSPS) is 30.2. The van der Waals surface area contributed by atoms with E-state index in [-0.39, 0.29) is 35.6 Å². The molecule has 1 aliphatic carbocycles. The first kappa shape index (κ1) is 17.9. The first-order valence-corrected chi connectivity index (χ1v) is 9.78. The Morgan fingerprint density at radius 1 is 0.885 bits per heavy atom. The number of rotatable bonds is 2. The molecule has 2 aromatic carbocycles. The summed E-state index contributed by atoms with van der Waals surface area (Å²) in [4.78, 5) is 12.4. The van der Waals surface area contributed by atoms with Crippen LogP contribution in [-0.2, 0) is 4.79 Å². The quantitative estimate of drug-likeness (QED) is 0.624. The Hall–Kier alpha value is -1.48. The monoisotopic (exact) mass is 405 g/mol. The average Bonchev–Trinajstić information content (AvgIpc) is 2.90. The van der Waals surface area contributed by atoms with E-state index in [0.29, 0.717) is 15.1 Å². The number of carbonyl (C=O) groups is 1. The lowest BCUT2D eigenvalue weighted by molar-refractivity contribution is -0.121. The zero-order chi connectivity index (χ0) is 18.4. The van der Waals surface area contributed by atoms with E-state index in [9.17, 15) is 4.79 Å². The molecule has 134 valence electrons. The van der Waals surface area contributed by atoms with Gasteiger partial charge in [0.15, 0.2) is 0 Å². The van der Waals surface area contributed by atoms with Crippen molar-refractivity contribution in [3.8, 4) is 0 Å². The van der Waals surface area contributed by atoms with Crippen LogP contribution in [0.2, 0.25) is 15.1 Å². The molecule has 1 heterocycles. The summed E-state index contributed by atoms with van der Waals surface area (Å²) in [7, 11) is 0. The predicted molar refractivity (Wildman–Crippen MR) is 107 cm³/mol. The van der Waals surface area contributed by atoms with Gasteiger partial charge in [0.05, 0.1) is 5.92 Å². The Labute approximate surface area is 168 Å². The summed E-state index contributed by atoms with van der Waals surface area (Å²) in [6, 6.07) is 13.6. The molecule has 1 aliphatic heterocycles. The van der Waals surface area contributed by atoms with Crippen molar-refractivity contribution < 1.29 is 4.79 Å². The SMILES string of the molecule is C[C@H]1NC(=O)[C@@H]2C=C[C@@H](c3ccc(Cl)cc3Cl)[C@H](c3ccc(Cl)cc3)[C@H]12. The molecule has 5 heteroatoms. The standard InChI is InChI=1S/C21H18Cl3NO/c1-11-19-17(21(26)25-11)9-8-16(15-7-6-14(23)10-18(15)24)20(19)12-2-4-13(22)5-3-12/h2-11,16-17,19-20H,1H3,(H,25,26)/t11-,16+,17-,19-,20+/m1/s1. The number of halogens is 3. The maximum atomic E-state index is 12.4. The lowest BCUT2D eigenvalue weighted by Crippen LogP contribution is -2.33. The first-order valence-electron chi connectivity index (χ1n) is 8.65. The molecule has 0 saturated carbocycles. The van der Waals surface area contributed by atoms with Crippen LogP contribution in [0.3, 0.4) is 0 Å². The van der Waals surface area contributed by atoms with Gasteiger partial charge in [0.1, 0.15) is 0 Å². The summed E-state index contributed by atoms with van der Waals surface area (Å²) in [5.41, 5.74) is 2.19. The highest BCUT2D eigenvalue weighted by atomic mass is 35.5. The van der Waals surface area contributed by atoms with E-state index in [1.54, 1.807) is 6.07 Å². The third-order valence-corrected chi connectivity index (χ3v) is 6.38. The van der Waals surface area contributed by atoms with Gasteiger partial charge in [0.25, 0.3) is 0 Å². The van der Waals surface area contributed by atoms with Gasteiger partial charge in [-0.1, -0.05) is 65.2 Å². The van der Waals surface area contributed by atoms with E-state index >= 15 is 0 Å². The van der Waals surface area contributed by atoms with Crippen molar-refractivity contribution in [2.24, 2.45) is 11.8 Å². The third-order valence-electron chi connectivity index (χ3n) is 5.57. The lowest BCUT2D eigenvalue weighted by Gasteiger charge is -2.38. The van der Waals surface area contributed by atoms with Crippen LogP contribution in [0.1, 0.15) is 29.9 Å². The van der Waals surface area contributed by atoms with Crippen molar-refractivity contribution >= 4 is 40.7 Å². The third kappa shape index (κ3) is 3.05. The van der Waals surface area contributed by atoms with Gasteiger partial charge in [-0.2, -0.15) is 0 Å². The molecule has 0 radical (unpaired) electrons. The van der Waals surface area contributed by atoms with Crippen LogP contribution >= 0.6 is 34.8 Å². The van der Waals surface area contributed by atoms with Gasteiger partial charge in [0, 0.05) is 38.9 Å². The molecule has 0 spiro atoms. The lowest BCUT2D eigenvalue weighted by atomic mass is 9.65. The molecule has 1 amide bonds. The highest BCUT2D eigenvalue weighted by Crippen LogP contribution is 2.51. The fourth-order valence-corrected chi connectivity index (χ4v) is 5.10. The van der Waals surface area contributed by atoms with E-state index in [1.807, 2.05) is 30.3 Å². The molecule has 4 rings (SSSR count). The molecule has 26 heavy (non-hydrogen) atoms. The first-order chi connectivity index (χ1) is 12.5. The molecular formula is C21H18Cl3NO. The minimum absolute atomic E-state index is 0.0670. The van der Waals surface area contributed by atoms with Crippen LogP contribution in [0, 0.1) is 11.8 Å². The van der Waals surface area contributed by atoms with Crippen LogP contribution < -0.4 is 5.32 Å². The van der Waals surface area contributed by atoms with Crippen molar-refractivity contribution in [3.63, 3.8) is 0 Å². The number of nitrogens with one attached hydrogen (secondary N) is 1. The smallest absolute Gasteiger partial charge is 0.227 e. The van der Waals surface area contributed by atoms with E-state index in [4.69, 9.17) is 34.8 Å². The molecule has 1 N–H and O–H groups in total. The topological polar surface area (TPSA) is 29.1 Å². The van der Waals surface area contributed by atoms with E-state index in [0.717, 1.165) is 11.1 Å². The number of benzene rings is 2. The second-order valence-corrected chi connectivity index (χ2v) is 8.33. The van der Waals surface area contributed by atoms with Crippen molar-refractivity contribution in [3.05, 3.63) is 80.8 Å². The molecule has 0 aromatic heterocycles. The summed E-state index contributed by atoms with van der Waals surface area (Å²) in [6.07, 6.45) is 4.15. The number of hydrogen-bond acceptors (Lipinski definition) is 1. The van der Waals surface area contributed by atoms with Crippen molar-refractivity contribution in [2.75, 3.05) is 0 Å². The van der Waals surface area contributed by atoms with E-state index < -0.39 is 0 Å². The molecule has 1 fully saturated rings. The van der Waals surface area contributed by atoms with Crippen LogP contribution in [0.25, 0.3) is 0 Å². The number of allylic oxidation sites excluding steroid dienone is 1. The van der Waals surface area contributed by atoms with Crippen molar-refractivity contribution in [1.82, 2.24) is 5.32 Å². The Kier molecular flexibility index (Phi) is 4.77. The molecule has 5 atom stereocenters. The van der Waals surface area contributed by atoms with E-state index in [1.165, 1.54) is 0 Å². The second-order valence-electron chi connectivity index (χ2n) is 7.05. The fourth-order valence-electron chi connectivity index (χ4n) is 4.43. The van der Waals surface area contributed by atoms with Crippen LogP contribution in [-0.4, -0.2) is 11.9 Å². The number of amides is 1. The summed E-state index contributed by atoms with van der Waals surface area (Å²) < 4.78 is 0. The molecule has 2 nitrogen and oxygen atoms in total. The molecule has 2 aliphatic rings. The van der Waals surface area contributed by atoms with Crippen LogP contribution in [0.15, 0.2) is 54.6 Å². The van der Waals surface area contributed by atoms with E-state index in [2.05, 4.69) is 30.4 Å². The highest BCUT2D eigenvalue weighted by molar-refractivity contribution is 6.35. The largest absolute Gasteiger partial charge is 0.353 e. The molecule has 0 bridgehead atoms. The molecule has 2 aromatic rings. The van der Waals surface area contributed by atoms with Gasteiger partial charge in [-0.15, -0.1) is 0 Å². The second kappa shape index (κ2) is 6.92. The van der Waals surface area contributed by atoms with Gasteiger partial charge >= 0.3 is 0 Å². The molecule has 0 unspecified atom stereocenters. The van der Waals surface area contributed by atoms with Crippen LogP contribution in [0.4, 0.5) is 0 Å². The Balaban J connectivity index is 1.85. The number of carbonyl (C=O) groups excluding carboxylic acids is 1. The summed E-state index contributed by atoms with van der Waals surface area (Å²) in [5, 5.41) is 5.06. The minimum atomic E-state index is -0.118. The summed E-state index contributed by atoms with van der Waals surface area (Å²) in [5.74, 6) is 0.323. The zero-order valence-corrected chi connectivity index (χ0v) is 16.4. The maximum absolute atomic E-state index is 12.4. The fraction of sp³-hybridized carbons (Fsp3) is 0.286. The Morgan fingerprint density at radius 3 is 2.23 bits per heavy atom. The van der Waals surface area contributed by atoms with Gasteiger partial charge in [0.2, 0.25) is 5.91 Å². The van der Waals surface area contributed by atoms with Gasteiger partial charge in [-0.3, -0.25) is 4.79 Å². The number of hydrogen-bond donors (Lipinski definition) is 1.